The fraction of sp³-hybridized carbons (Fsp3) is 0.632. The van der Waals surface area contributed by atoms with Crippen molar-refractivity contribution < 1.29 is 23.7 Å². The monoisotopic (exact) mass is 347 g/mol. The molecule has 5 atom stereocenters. The Morgan fingerprint density at radius 2 is 1.96 bits per heavy atom. The topological polar surface area (TPSA) is 66.0 Å². The first kappa shape index (κ1) is 17.1. The van der Waals surface area contributed by atoms with Crippen LogP contribution in [0.4, 0.5) is 0 Å². The maximum Gasteiger partial charge on any atom is 0.176 e. The van der Waals surface area contributed by atoms with Gasteiger partial charge in [0.1, 0.15) is 17.8 Å². The standard InChI is InChI=1S/C19H25NO5/c1-4-19-11-22-17(25-19)14(15-16(19)24-18(2,3)23-15)20-10-13(21)12-8-6-5-7-9-12/h5-9,14-17,20H,4,10-11H2,1-3H3/t14-,15+,16+,17?,19-/m0/s1. The Morgan fingerprint density at radius 3 is 2.68 bits per heavy atom. The van der Waals surface area contributed by atoms with Gasteiger partial charge in [0.15, 0.2) is 17.9 Å². The number of hydrogen-bond donors (Lipinski definition) is 1. The summed E-state index contributed by atoms with van der Waals surface area (Å²) in [5.41, 5.74) is 0.215. The van der Waals surface area contributed by atoms with Gasteiger partial charge in [0, 0.05) is 5.56 Å². The summed E-state index contributed by atoms with van der Waals surface area (Å²) in [5, 5.41) is 3.29. The van der Waals surface area contributed by atoms with Gasteiger partial charge in [0.25, 0.3) is 0 Å². The van der Waals surface area contributed by atoms with Crippen molar-refractivity contribution in [2.45, 2.75) is 63.1 Å². The van der Waals surface area contributed by atoms with Crippen LogP contribution in [0.15, 0.2) is 30.3 Å². The van der Waals surface area contributed by atoms with Gasteiger partial charge in [-0.1, -0.05) is 37.3 Å². The van der Waals surface area contributed by atoms with Crippen molar-refractivity contribution in [1.29, 1.82) is 0 Å². The zero-order chi connectivity index (χ0) is 17.7. The van der Waals surface area contributed by atoms with Crippen LogP contribution in [0.1, 0.15) is 37.6 Å². The van der Waals surface area contributed by atoms with E-state index in [2.05, 4.69) is 12.2 Å². The molecule has 0 aromatic heterocycles. The summed E-state index contributed by atoms with van der Waals surface area (Å²) in [6, 6.07) is 9.00. The molecule has 1 N–H and O–H groups in total. The molecule has 0 spiro atoms. The number of hydrogen-bond acceptors (Lipinski definition) is 6. The number of ether oxygens (including phenoxy) is 4. The average molecular weight is 347 g/mol. The molecule has 6 nitrogen and oxygen atoms in total. The van der Waals surface area contributed by atoms with E-state index in [0.29, 0.717) is 12.2 Å². The molecule has 6 heteroatoms. The second-order valence-electron chi connectivity index (χ2n) is 7.43. The van der Waals surface area contributed by atoms with Crippen LogP contribution in [0.2, 0.25) is 0 Å². The van der Waals surface area contributed by atoms with Gasteiger partial charge in [0.2, 0.25) is 0 Å². The predicted molar refractivity (Wildman–Crippen MR) is 90.2 cm³/mol. The maximum absolute atomic E-state index is 12.4. The molecular weight excluding hydrogens is 322 g/mol. The molecular formula is C19H25NO5. The average Bonchev–Trinajstić information content (AvgIpc) is 3.15. The molecule has 0 saturated carbocycles. The first-order valence-electron chi connectivity index (χ1n) is 8.91. The molecule has 1 aromatic rings. The van der Waals surface area contributed by atoms with Gasteiger partial charge in [-0.05, 0) is 20.3 Å². The summed E-state index contributed by atoms with van der Waals surface area (Å²) < 4.78 is 24.4. The summed E-state index contributed by atoms with van der Waals surface area (Å²) in [5.74, 6) is -0.644. The molecule has 0 aliphatic carbocycles. The minimum Gasteiger partial charge on any atom is -0.348 e. The highest BCUT2D eigenvalue weighted by Gasteiger charge is 2.64. The highest BCUT2D eigenvalue weighted by atomic mass is 16.8. The Morgan fingerprint density at radius 1 is 1.20 bits per heavy atom. The third-order valence-corrected chi connectivity index (χ3v) is 5.33. The second kappa shape index (κ2) is 6.14. The summed E-state index contributed by atoms with van der Waals surface area (Å²) in [4.78, 5) is 12.4. The number of ketones is 1. The van der Waals surface area contributed by atoms with Crippen LogP contribution < -0.4 is 5.32 Å². The fourth-order valence-corrected chi connectivity index (χ4v) is 4.00. The zero-order valence-electron chi connectivity index (χ0n) is 14.9. The first-order chi connectivity index (χ1) is 11.9. The number of fused-ring (bicyclic) bond motifs is 4. The summed E-state index contributed by atoms with van der Waals surface area (Å²) >= 11 is 0. The van der Waals surface area contributed by atoms with E-state index in [-0.39, 0.29) is 30.6 Å². The van der Waals surface area contributed by atoms with Crippen molar-refractivity contribution >= 4 is 5.78 Å². The molecule has 2 bridgehead atoms. The van der Waals surface area contributed by atoms with E-state index in [4.69, 9.17) is 18.9 Å². The van der Waals surface area contributed by atoms with Gasteiger partial charge in [-0.2, -0.15) is 0 Å². The third-order valence-electron chi connectivity index (χ3n) is 5.33. The lowest BCUT2D eigenvalue weighted by atomic mass is 9.86. The molecule has 0 radical (unpaired) electrons. The van der Waals surface area contributed by atoms with E-state index in [1.54, 1.807) is 0 Å². The number of rotatable bonds is 5. The van der Waals surface area contributed by atoms with Crippen LogP contribution in [0.3, 0.4) is 0 Å². The minimum atomic E-state index is -0.672. The maximum atomic E-state index is 12.4. The van der Waals surface area contributed by atoms with E-state index in [1.807, 2.05) is 44.2 Å². The van der Waals surface area contributed by atoms with Crippen molar-refractivity contribution in [3.8, 4) is 0 Å². The van der Waals surface area contributed by atoms with Gasteiger partial charge in [-0.3, -0.25) is 10.1 Å². The Balaban J connectivity index is 1.51. The van der Waals surface area contributed by atoms with Gasteiger partial charge < -0.3 is 18.9 Å². The van der Waals surface area contributed by atoms with E-state index >= 15 is 0 Å². The lowest BCUT2D eigenvalue weighted by Crippen LogP contribution is -2.63. The molecule has 1 aromatic carbocycles. The summed E-state index contributed by atoms with van der Waals surface area (Å²) in [6.45, 7) is 6.58. The Bertz CT molecular complexity index is 648. The molecule has 0 amide bonds. The molecule has 3 heterocycles. The SMILES string of the molecule is CC[C@@]12COC(O1)[C@@H](NCC(=O)c1ccccc1)[C@H]1OC(C)(C)O[C@H]12. The second-order valence-corrected chi connectivity index (χ2v) is 7.43. The zero-order valence-corrected chi connectivity index (χ0v) is 14.9. The molecule has 3 saturated heterocycles. The molecule has 4 rings (SSSR count). The smallest absolute Gasteiger partial charge is 0.176 e. The predicted octanol–water partition coefficient (Wildman–Crippen LogP) is 1.88. The number of nitrogens with one attached hydrogen (secondary N) is 1. The lowest BCUT2D eigenvalue weighted by molar-refractivity contribution is -0.197. The van der Waals surface area contributed by atoms with E-state index in [1.165, 1.54) is 0 Å². The quantitative estimate of drug-likeness (QED) is 0.821. The molecule has 3 fully saturated rings. The number of carbonyl (C=O) groups excluding carboxylic acids is 1. The van der Waals surface area contributed by atoms with Crippen LogP contribution >= 0.6 is 0 Å². The van der Waals surface area contributed by atoms with E-state index < -0.39 is 17.7 Å². The Kier molecular flexibility index (Phi) is 4.21. The molecule has 1 unspecified atom stereocenters. The Labute approximate surface area is 147 Å². The van der Waals surface area contributed by atoms with E-state index in [9.17, 15) is 4.79 Å². The molecule has 25 heavy (non-hydrogen) atoms. The highest BCUT2D eigenvalue weighted by Crippen LogP contribution is 2.47. The Hall–Kier alpha value is -1.31. The normalized spacial score (nSPS) is 38.5. The summed E-state index contributed by atoms with van der Waals surface area (Å²) in [6.07, 6.45) is -0.0580. The van der Waals surface area contributed by atoms with Crippen LogP contribution in [-0.2, 0) is 18.9 Å². The largest absolute Gasteiger partial charge is 0.348 e. The van der Waals surface area contributed by atoms with Crippen molar-refractivity contribution in [3.05, 3.63) is 35.9 Å². The molecule has 3 aliphatic heterocycles. The van der Waals surface area contributed by atoms with Crippen molar-refractivity contribution in [2.75, 3.05) is 13.2 Å². The lowest BCUT2D eigenvalue weighted by Gasteiger charge is -2.42. The minimum absolute atomic E-state index is 0.0284. The van der Waals surface area contributed by atoms with Gasteiger partial charge in [-0.15, -0.1) is 0 Å². The van der Waals surface area contributed by atoms with Crippen molar-refractivity contribution in [2.24, 2.45) is 0 Å². The van der Waals surface area contributed by atoms with Crippen molar-refractivity contribution in [1.82, 2.24) is 5.32 Å². The highest BCUT2D eigenvalue weighted by molar-refractivity contribution is 5.97. The van der Waals surface area contributed by atoms with Crippen LogP contribution in [0.25, 0.3) is 0 Å². The van der Waals surface area contributed by atoms with Gasteiger partial charge >= 0.3 is 0 Å². The molecule has 136 valence electrons. The fourth-order valence-electron chi connectivity index (χ4n) is 4.00. The first-order valence-corrected chi connectivity index (χ1v) is 8.91. The number of carbonyl (C=O) groups is 1. The van der Waals surface area contributed by atoms with Gasteiger partial charge in [0.05, 0.1) is 19.2 Å². The molecule has 3 aliphatic rings. The van der Waals surface area contributed by atoms with Crippen LogP contribution in [-0.4, -0.2) is 54.9 Å². The van der Waals surface area contributed by atoms with E-state index in [0.717, 1.165) is 6.42 Å². The number of Topliss-reactive ketones (excluding diaryl/α,β-unsaturated/α-hetero) is 1. The number of benzene rings is 1. The summed E-state index contributed by atoms with van der Waals surface area (Å²) in [7, 11) is 0. The van der Waals surface area contributed by atoms with Gasteiger partial charge in [-0.25, -0.2) is 0 Å². The third kappa shape index (κ3) is 2.92. The van der Waals surface area contributed by atoms with Crippen molar-refractivity contribution in [3.63, 3.8) is 0 Å². The van der Waals surface area contributed by atoms with Crippen LogP contribution in [0.5, 0.6) is 0 Å². The van der Waals surface area contributed by atoms with Crippen LogP contribution in [0, 0.1) is 0 Å².